The van der Waals surface area contributed by atoms with E-state index in [0.29, 0.717) is 0 Å². The van der Waals surface area contributed by atoms with Crippen LogP contribution in [-0.4, -0.2) is 18.6 Å². The summed E-state index contributed by atoms with van der Waals surface area (Å²) >= 11 is 0. The van der Waals surface area contributed by atoms with Gasteiger partial charge in [-0.3, -0.25) is 9.82 Å². The summed E-state index contributed by atoms with van der Waals surface area (Å²) in [5.41, 5.74) is 2.57. The van der Waals surface area contributed by atoms with Gasteiger partial charge in [0.2, 0.25) is 0 Å². The van der Waals surface area contributed by atoms with Crippen molar-refractivity contribution in [3.8, 4) is 6.07 Å². The molecular weight excluding hydrogens is 288 g/mol. The van der Waals surface area contributed by atoms with Crippen LogP contribution in [0.2, 0.25) is 0 Å². The van der Waals surface area contributed by atoms with Gasteiger partial charge in [0.1, 0.15) is 11.8 Å². The molecule has 1 aromatic carbocycles. The van der Waals surface area contributed by atoms with Gasteiger partial charge in [0.25, 0.3) is 10.0 Å². The summed E-state index contributed by atoms with van der Waals surface area (Å²) < 4.78 is 27.2. The number of hydrogen-bond acceptors (Lipinski definition) is 4. The highest BCUT2D eigenvalue weighted by molar-refractivity contribution is 7.92. The highest BCUT2D eigenvalue weighted by Crippen LogP contribution is 2.25. The number of nitrogens with one attached hydrogen (secondary N) is 2. The van der Waals surface area contributed by atoms with Gasteiger partial charge in [0.15, 0.2) is 5.69 Å². The van der Waals surface area contributed by atoms with Crippen molar-refractivity contribution in [2.24, 2.45) is 0 Å². The number of hydrogen-bond donors (Lipinski definition) is 2. The third-order valence-electron chi connectivity index (χ3n) is 3.63. The Labute approximate surface area is 122 Å². The predicted octanol–water partition coefficient (Wildman–Crippen LogP) is 1.96. The molecule has 2 N–H and O–H groups in total. The Balaban J connectivity index is 1.94. The Kier molecular flexibility index (Phi) is 3.39. The van der Waals surface area contributed by atoms with Crippen LogP contribution in [0.5, 0.6) is 0 Å². The number of aromatic nitrogens is 2. The minimum absolute atomic E-state index is 0.0940. The van der Waals surface area contributed by atoms with E-state index in [1.54, 1.807) is 12.1 Å². The second-order valence-electron chi connectivity index (χ2n) is 5.01. The van der Waals surface area contributed by atoms with Gasteiger partial charge >= 0.3 is 0 Å². The minimum atomic E-state index is -3.71. The van der Waals surface area contributed by atoms with Gasteiger partial charge in [-0.15, -0.1) is 0 Å². The van der Waals surface area contributed by atoms with Crippen molar-refractivity contribution >= 4 is 15.7 Å². The number of aryl methyl sites for hydroxylation is 2. The third kappa shape index (κ3) is 2.62. The largest absolute Gasteiger partial charge is 0.275 e. The average molecular weight is 302 g/mol. The van der Waals surface area contributed by atoms with Crippen molar-refractivity contribution in [3.63, 3.8) is 0 Å². The zero-order chi connectivity index (χ0) is 14.9. The van der Waals surface area contributed by atoms with E-state index in [2.05, 4.69) is 14.9 Å². The molecule has 6 nitrogen and oxygen atoms in total. The highest BCUT2D eigenvalue weighted by atomic mass is 32.2. The lowest BCUT2D eigenvalue weighted by molar-refractivity contribution is 0.600. The monoisotopic (exact) mass is 302 g/mol. The molecule has 1 heterocycles. The van der Waals surface area contributed by atoms with E-state index in [-0.39, 0.29) is 16.3 Å². The molecule has 0 bridgehead atoms. The lowest BCUT2D eigenvalue weighted by Gasteiger charge is -2.16. The summed E-state index contributed by atoms with van der Waals surface area (Å²) in [7, 11) is -3.71. The van der Waals surface area contributed by atoms with Gasteiger partial charge in [0.05, 0.1) is 11.1 Å². The van der Waals surface area contributed by atoms with E-state index in [1.165, 1.54) is 11.8 Å². The Bertz CT molecular complexity index is 818. The molecule has 0 saturated carbocycles. The average Bonchev–Trinajstić information content (AvgIpc) is 2.93. The van der Waals surface area contributed by atoms with Gasteiger partial charge in [-0.05, 0) is 48.9 Å². The van der Waals surface area contributed by atoms with Crippen LogP contribution in [0.25, 0.3) is 0 Å². The molecule has 0 amide bonds. The van der Waals surface area contributed by atoms with E-state index in [0.717, 1.165) is 31.2 Å². The maximum atomic E-state index is 12.4. The number of H-pyrrole nitrogens is 1. The van der Waals surface area contributed by atoms with E-state index < -0.39 is 10.0 Å². The maximum absolute atomic E-state index is 12.4. The molecule has 0 aliphatic heterocycles. The Morgan fingerprint density at radius 3 is 2.76 bits per heavy atom. The van der Waals surface area contributed by atoms with Crippen LogP contribution in [0, 0.1) is 11.3 Å². The number of rotatable bonds is 3. The number of benzene rings is 1. The SMILES string of the molecule is N#Cc1[nH]ncc1NS(=O)(=O)c1ccc2c(c1)CCCC2. The zero-order valence-electron chi connectivity index (χ0n) is 11.3. The summed E-state index contributed by atoms with van der Waals surface area (Å²) in [6.45, 7) is 0. The number of fused-ring (bicyclic) bond motifs is 1. The fourth-order valence-electron chi connectivity index (χ4n) is 2.53. The van der Waals surface area contributed by atoms with Crippen LogP contribution in [0.3, 0.4) is 0 Å². The fraction of sp³-hybridized carbons (Fsp3) is 0.286. The fourth-order valence-corrected chi connectivity index (χ4v) is 3.64. The second kappa shape index (κ2) is 5.22. The molecule has 1 aliphatic carbocycles. The lowest BCUT2D eigenvalue weighted by Crippen LogP contribution is -2.14. The Morgan fingerprint density at radius 1 is 1.24 bits per heavy atom. The first kappa shape index (κ1) is 13.6. The van der Waals surface area contributed by atoms with Gasteiger partial charge in [-0.2, -0.15) is 10.4 Å². The maximum Gasteiger partial charge on any atom is 0.262 e. The minimum Gasteiger partial charge on any atom is -0.275 e. The molecule has 7 heteroatoms. The second-order valence-corrected chi connectivity index (χ2v) is 6.70. The number of aromatic amines is 1. The lowest BCUT2D eigenvalue weighted by atomic mass is 9.92. The molecule has 0 saturated heterocycles. The highest BCUT2D eigenvalue weighted by Gasteiger charge is 2.19. The van der Waals surface area contributed by atoms with E-state index in [1.807, 2.05) is 12.1 Å². The standard InChI is InChI=1S/C14H14N4O2S/c15-8-13-14(9-16-17-13)18-21(19,20)12-6-5-10-3-1-2-4-11(10)7-12/h5-7,9,18H,1-4H2,(H,16,17). The van der Waals surface area contributed by atoms with Gasteiger partial charge in [0, 0.05) is 0 Å². The number of anilines is 1. The molecular formula is C14H14N4O2S. The molecule has 21 heavy (non-hydrogen) atoms. The van der Waals surface area contributed by atoms with Crippen LogP contribution < -0.4 is 4.72 Å². The summed E-state index contributed by atoms with van der Waals surface area (Å²) in [5.74, 6) is 0. The summed E-state index contributed by atoms with van der Waals surface area (Å²) in [6, 6.07) is 7.07. The molecule has 2 aromatic rings. The third-order valence-corrected chi connectivity index (χ3v) is 4.99. The van der Waals surface area contributed by atoms with Crippen LogP contribution in [0.4, 0.5) is 5.69 Å². The van der Waals surface area contributed by atoms with Gasteiger partial charge in [-0.1, -0.05) is 6.07 Å². The molecule has 0 spiro atoms. The van der Waals surface area contributed by atoms with Crippen molar-refractivity contribution in [1.29, 1.82) is 5.26 Å². The van der Waals surface area contributed by atoms with Crippen LogP contribution in [0.1, 0.15) is 29.7 Å². The first-order valence-corrected chi connectivity index (χ1v) is 8.16. The molecule has 0 atom stereocenters. The van der Waals surface area contributed by atoms with Gasteiger partial charge < -0.3 is 0 Å². The Hall–Kier alpha value is -2.33. The molecule has 1 aliphatic rings. The van der Waals surface area contributed by atoms with Crippen LogP contribution >= 0.6 is 0 Å². The van der Waals surface area contributed by atoms with E-state index in [4.69, 9.17) is 5.26 Å². The molecule has 0 fully saturated rings. The smallest absolute Gasteiger partial charge is 0.262 e. The number of sulfonamides is 1. The molecule has 0 radical (unpaired) electrons. The molecule has 108 valence electrons. The summed E-state index contributed by atoms with van der Waals surface area (Å²) in [6.07, 6.45) is 5.44. The van der Waals surface area contributed by atoms with E-state index >= 15 is 0 Å². The number of nitriles is 1. The topological polar surface area (TPSA) is 98.6 Å². The normalized spacial score (nSPS) is 14.2. The summed E-state index contributed by atoms with van der Waals surface area (Å²) in [4.78, 5) is 0.216. The Morgan fingerprint density at radius 2 is 2.00 bits per heavy atom. The molecule has 3 rings (SSSR count). The zero-order valence-corrected chi connectivity index (χ0v) is 12.1. The van der Waals surface area contributed by atoms with Crippen molar-refractivity contribution in [2.45, 2.75) is 30.6 Å². The quantitative estimate of drug-likeness (QED) is 0.905. The van der Waals surface area contributed by atoms with Crippen molar-refractivity contribution < 1.29 is 8.42 Å². The van der Waals surface area contributed by atoms with E-state index in [9.17, 15) is 8.42 Å². The van der Waals surface area contributed by atoms with Crippen molar-refractivity contribution in [1.82, 2.24) is 10.2 Å². The molecule has 0 unspecified atom stereocenters. The van der Waals surface area contributed by atoms with Crippen LogP contribution in [0.15, 0.2) is 29.3 Å². The van der Waals surface area contributed by atoms with Crippen molar-refractivity contribution in [2.75, 3.05) is 4.72 Å². The van der Waals surface area contributed by atoms with Gasteiger partial charge in [-0.25, -0.2) is 8.42 Å². The molecule has 1 aromatic heterocycles. The predicted molar refractivity (Wildman–Crippen MR) is 77.2 cm³/mol. The number of nitrogens with zero attached hydrogens (tertiary/aromatic N) is 2. The first-order chi connectivity index (χ1) is 10.1. The summed E-state index contributed by atoms with van der Waals surface area (Å²) in [5, 5.41) is 15.0. The van der Waals surface area contributed by atoms with Crippen LogP contribution in [-0.2, 0) is 22.9 Å². The first-order valence-electron chi connectivity index (χ1n) is 6.68. The van der Waals surface area contributed by atoms with Crippen molar-refractivity contribution in [3.05, 3.63) is 41.2 Å².